The van der Waals surface area contributed by atoms with Crippen molar-refractivity contribution in [3.05, 3.63) is 35.4 Å². The third kappa shape index (κ3) is 2.34. The van der Waals surface area contributed by atoms with Gasteiger partial charge < -0.3 is 0 Å². The topological polar surface area (TPSA) is 17.1 Å². The summed E-state index contributed by atoms with van der Waals surface area (Å²) >= 11 is 0. The van der Waals surface area contributed by atoms with Crippen LogP contribution in [-0.2, 0) is 0 Å². The number of aryl methyl sites for hydroxylation is 1. The number of carbonyl (C=O) groups excluding carboxylic acids is 1. The average molecular weight is 184 g/mol. The Kier molecular flexibility index (Phi) is 2.45. The van der Waals surface area contributed by atoms with Gasteiger partial charge in [0.15, 0.2) is 0 Å². The molecule has 0 unspecified atom stereocenters. The van der Waals surface area contributed by atoms with Gasteiger partial charge in [0.25, 0.3) is 0 Å². The predicted octanol–water partition coefficient (Wildman–Crippen LogP) is 2.83. The Morgan fingerprint density at radius 1 is 1.38 bits per heavy atom. The first-order valence-electron chi connectivity index (χ1n) is 3.90. The summed E-state index contributed by atoms with van der Waals surface area (Å²) in [5, 5.41) is 0. The van der Waals surface area contributed by atoms with Crippen LogP contribution in [0.25, 0.3) is 0 Å². The number of alkyl halides is 2. The lowest BCUT2D eigenvalue weighted by Gasteiger charge is -2.08. The lowest BCUT2D eigenvalue weighted by Crippen LogP contribution is -2.24. The van der Waals surface area contributed by atoms with E-state index in [2.05, 4.69) is 0 Å². The quantitative estimate of drug-likeness (QED) is 0.646. The number of Topliss-reactive ketones (excluding diaryl/α,β-unsaturated/α-hetero) is 1. The van der Waals surface area contributed by atoms with Gasteiger partial charge in [-0.1, -0.05) is 23.8 Å². The second-order valence-electron chi connectivity index (χ2n) is 3.09. The largest absolute Gasteiger partial charge is 0.307 e. The number of hydrogen-bond donors (Lipinski definition) is 0. The lowest BCUT2D eigenvalue weighted by atomic mass is 10.0. The van der Waals surface area contributed by atoms with Gasteiger partial charge in [0.2, 0.25) is 5.78 Å². The first kappa shape index (κ1) is 9.84. The molecule has 0 saturated heterocycles. The molecule has 3 heteroatoms. The number of halogens is 2. The molecule has 0 aliphatic carbocycles. The molecule has 0 aliphatic heterocycles. The second-order valence-corrected chi connectivity index (χ2v) is 3.09. The monoisotopic (exact) mass is 184 g/mol. The van der Waals surface area contributed by atoms with Gasteiger partial charge in [0.1, 0.15) is 0 Å². The second kappa shape index (κ2) is 3.24. The molecule has 0 heterocycles. The van der Waals surface area contributed by atoms with E-state index in [0.29, 0.717) is 6.92 Å². The number of hydrogen-bond acceptors (Lipinski definition) is 1. The third-order valence-corrected chi connectivity index (χ3v) is 1.68. The van der Waals surface area contributed by atoms with E-state index < -0.39 is 11.7 Å². The molecule has 1 aromatic rings. The highest BCUT2D eigenvalue weighted by molar-refractivity contribution is 6.01. The zero-order valence-corrected chi connectivity index (χ0v) is 7.47. The molecule has 0 aliphatic rings. The Hall–Kier alpha value is -1.25. The molecule has 0 saturated carbocycles. The van der Waals surface area contributed by atoms with Crippen molar-refractivity contribution in [2.75, 3.05) is 0 Å². The molecule has 0 aromatic heterocycles. The van der Waals surface area contributed by atoms with Gasteiger partial charge in [-0.15, -0.1) is 0 Å². The van der Waals surface area contributed by atoms with Gasteiger partial charge in [-0.25, -0.2) is 0 Å². The third-order valence-electron chi connectivity index (χ3n) is 1.68. The summed E-state index contributed by atoms with van der Waals surface area (Å²) in [4.78, 5) is 11.1. The predicted molar refractivity (Wildman–Crippen MR) is 46.1 cm³/mol. The van der Waals surface area contributed by atoms with E-state index in [-0.39, 0.29) is 5.56 Å². The molecular formula is C10H10F2O. The Morgan fingerprint density at radius 3 is 2.46 bits per heavy atom. The lowest BCUT2D eigenvalue weighted by molar-refractivity contribution is 0.0221. The molecule has 1 aromatic carbocycles. The van der Waals surface area contributed by atoms with Crippen molar-refractivity contribution in [1.82, 2.24) is 0 Å². The molecule has 0 N–H and O–H groups in total. The molecule has 0 bridgehead atoms. The van der Waals surface area contributed by atoms with Crippen molar-refractivity contribution >= 4 is 5.78 Å². The Bertz CT molecular complexity index is 326. The fraction of sp³-hybridized carbons (Fsp3) is 0.300. The molecule has 70 valence electrons. The molecule has 0 amide bonds. The van der Waals surface area contributed by atoms with E-state index in [1.165, 1.54) is 12.1 Å². The minimum Gasteiger partial charge on any atom is -0.287 e. The summed E-state index contributed by atoms with van der Waals surface area (Å²) in [5.74, 6) is -4.41. The van der Waals surface area contributed by atoms with Crippen molar-refractivity contribution in [3.8, 4) is 0 Å². The zero-order chi connectivity index (χ0) is 10.1. The number of benzene rings is 1. The van der Waals surface area contributed by atoms with Crippen molar-refractivity contribution in [2.24, 2.45) is 0 Å². The van der Waals surface area contributed by atoms with E-state index >= 15 is 0 Å². The minimum atomic E-state index is -3.28. The van der Waals surface area contributed by atoms with Crippen molar-refractivity contribution in [3.63, 3.8) is 0 Å². The molecule has 0 spiro atoms. The van der Waals surface area contributed by atoms with Crippen LogP contribution in [0.15, 0.2) is 24.3 Å². The number of carbonyl (C=O) groups is 1. The molecule has 0 atom stereocenters. The van der Waals surface area contributed by atoms with Crippen molar-refractivity contribution in [2.45, 2.75) is 19.8 Å². The van der Waals surface area contributed by atoms with Crippen LogP contribution in [0, 0.1) is 6.92 Å². The average Bonchev–Trinajstić information content (AvgIpc) is 2.01. The molecule has 1 rings (SSSR count). The maximum atomic E-state index is 12.6. The van der Waals surface area contributed by atoms with Crippen molar-refractivity contribution < 1.29 is 13.6 Å². The minimum absolute atomic E-state index is 0.0625. The molecule has 1 nitrogen and oxygen atoms in total. The van der Waals surface area contributed by atoms with Crippen LogP contribution in [0.5, 0.6) is 0 Å². The van der Waals surface area contributed by atoms with Gasteiger partial charge in [0.05, 0.1) is 0 Å². The first-order chi connectivity index (χ1) is 5.91. The molecule has 0 radical (unpaired) electrons. The standard InChI is InChI=1S/C10H10F2O/c1-7-4-3-5-8(6-7)9(13)10(2,11)12/h3-6H,1-2H3. The van der Waals surface area contributed by atoms with Gasteiger partial charge >= 0.3 is 5.92 Å². The van der Waals surface area contributed by atoms with Crippen LogP contribution < -0.4 is 0 Å². The van der Waals surface area contributed by atoms with Gasteiger partial charge in [-0.05, 0) is 13.0 Å². The van der Waals surface area contributed by atoms with Crippen LogP contribution in [0.4, 0.5) is 8.78 Å². The molecule has 13 heavy (non-hydrogen) atoms. The van der Waals surface area contributed by atoms with E-state index in [1.54, 1.807) is 19.1 Å². The molecule has 0 fully saturated rings. The number of ketones is 1. The van der Waals surface area contributed by atoms with E-state index in [0.717, 1.165) is 5.56 Å². The summed E-state index contributed by atoms with van der Waals surface area (Å²) in [6, 6.07) is 6.20. The van der Waals surface area contributed by atoms with Crippen LogP contribution in [-0.4, -0.2) is 11.7 Å². The van der Waals surface area contributed by atoms with E-state index in [4.69, 9.17) is 0 Å². The smallest absolute Gasteiger partial charge is 0.287 e. The summed E-state index contributed by atoms with van der Waals surface area (Å²) in [6.07, 6.45) is 0. The number of rotatable bonds is 2. The summed E-state index contributed by atoms with van der Waals surface area (Å²) in [7, 11) is 0. The first-order valence-corrected chi connectivity index (χ1v) is 3.90. The Balaban J connectivity index is 3.03. The van der Waals surface area contributed by atoms with Crippen LogP contribution in [0.1, 0.15) is 22.8 Å². The maximum Gasteiger partial charge on any atom is 0.307 e. The maximum absolute atomic E-state index is 12.6. The zero-order valence-electron chi connectivity index (χ0n) is 7.47. The normalized spacial score (nSPS) is 11.4. The van der Waals surface area contributed by atoms with Crippen LogP contribution >= 0.6 is 0 Å². The fourth-order valence-electron chi connectivity index (χ4n) is 1.04. The van der Waals surface area contributed by atoms with Crippen LogP contribution in [0.2, 0.25) is 0 Å². The SMILES string of the molecule is Cc1cccc(C(=O)C(C)(F)F)c1. The Labute approximate surface area is 75.4 Å². The summed E-state index contributed by atoms with van der Waals surface area (Å²) in [5.41, 5.74) is 0.864. The summed E-state index contributed by atoms with van der Waals surface area (Å²) < 4.78 is 25.2. The summed E-state index contributed by atoms with van der Waals surface area (Å²) in [6.45, 7) is 2.36. The van der Waals surface area contributed by atoms with Gasteiger partial charge in [-0.2, -0.15) is 8.78 Å². The highest BCUT2D eigenvalue weighted by Crippen LogP contribution is 2.19. The van der Waals surface area contributed by atoms with E-state index in [1.807, 2.05) is 0 Å². The van der Waals surface area contributed by atoms with Crippen LogP contribution in [0.3, 0.4) is 0 Å². The van der Waals surface area contributed by atoms with E-state index in [9.17, 15) is 13.6 Å². The van der Waals surface area contributed by atoms with Gasteiger partial charge in [0, 0.05) is 12.5 Å². The highest BCUT2D eigenvalue weighted by atomic mass is 19.3. The molecular weight excluding hydrogens is 174 g/mol. The highest BCUT2D eigenvalue weighted by Gasteiger charge is 2.32. The van der Waals surface area contributed by atoms with Crippen molar-refractivity contribution in [1.29, 1.82) is 0 Å². The van der Waals surface area contributed by atoms with Gasteiger partial charge in [-0.3, -0.25) is 4.79 Å². The fourth-order valence-corrected chi connectivity index (χ4v) is 1.04. The Morgan fingerprint density at radius 2 is 2.00 bits per heavy atom.